The average Bonchev–Trinajstić information content (AvgIpc) is 3.42. The van der Waals surface area contributed by atoms with E-state index in [0.29, 0.717) is 19.4 Å². The molecular formula is C24H26N2O5. The third-order valence-electron chi connectivity index (χ3n) is 6.11. The van der Waals surface area contributed by atoms with Crippen molar-refractivity contribution >= 4 is 18.0 Å². The predicted molar refractivity (Wildman–Crippen MR) is 115 cm³/mol. The summed E-state index contributed by atoms with van der Waals surface area (Å²) in [4.78, 5) is 37.2. The lowest BCUT2D eigenvalue weighted by Crippen LogP contribution is -2.44. The van der Waals surface area contributed by atoms with Gasteiger partial charge in [0, 0.05) is 12.5 Å². The smallest absolute Gasteiger partial charge is 0.407 e. The van der Waals surface area contributed by atoms with Gasteiger partial charge in [-0.3, -0.25) is 9.59 Å². The van der Waals surface area contributed by atoms with Gasteiger partial charge in [0.1, 0.15) is 13.2 Å². The van der Waals surface area contributed by atoms with Gasteiger partial charge in [-0.15, -0.1) is 0 Å². The van der Waals surface area contributed by atoms with Crippen LogP contribution in [0.2, 0.25) is 0 Å². The number of rotatable bonds is 8. The molecule has 0 radical (unpaired) electrons. The minimum atomic E-state index is -1.05. The van der Waals surface area contributed by atoms with Gasteiger partial charge in [-0.25, -0.2) is 4.79 Å². The number of hydrogen-bond donors (Lipinski definition) is 2. The van der Waals surface area contributed by atoms with Crippen molar-refractivity contribution in [2.45, 2.75) is 37.6 Å². The maximum Gasteiger partial charge on any atom is 0.407 e. The molecule has 2 amide bonds. The highest BCUT2D eigenvalue weighted by atomic mass is 16.5. The van der Waals surface area contributed by atoms with Crippen LogP contribution in [0.4, 0.5) is 4.79 Å². The van der Waals surface area contributed by atoms with E-state index >= 15 is 0 Å². The van der Waals surface area contributed by atoms with E-state index < -0.39 is 17.6 Å². The second kappa shape index (κ2) is 8.41. The average molecular weight is 422 g/mol. The van der Waals surface area contributed by atoms with Crippen molar-refractivity contribution in [2.75, 3.05) is 19.7 Å². The Bertz CT molecular complexity index is 969. The van der Waals surface area contributed by atoms with Crippen LogP contribution in [-0.4, -0.2) is 53.2 Å². The lowest BCUT2D eigenvalue weighted by molar-refractivity contribution is -0.144. The van der Waals surface area contributed by atoms with Crippen molar-refractivity contribution in [3.63, 3.8) is 0 Å². The number of alkyl carbamates (subject to hydrolysis) is 1. The minimum absolute atomic E-state index is 0.0268. The van der Waals surface area contributed by atoms with Crippen molar-refractivity contribution in [1.82, 2.24) is 10.2 Å². The third kappa shape index (κ3) is 4.40. The molecule has 2 aromatic carbocycles. The van der Waals surface area contributed by atoms with Gasteiger partial charge < -0.3 is 20.1 Å². The molecule has 7 heteroatoms. The summed E-state index contributed by atoms with van der Waals surface area (Å²) in [5, 5.41) is 11.8. The van der Waals surface area contributed by atoms with E-state index in [1.165, 1.54) is 4.90 Å². The summed E-state index contributed by atoms with van der Waals surface area (Å²) in [6.07, 6.45) is 0.882. The Hall–Kier alpha value is -3.35. The number of amides is 2. The Morgan fingerprint density at radius 1 is 1.06 bits per heavy atom. The molecular weight excluding hydrogens is 396 g/mol. The van der Waals surface area contributed by atoms with E-state index in [1.807, 2.05) is 24.3 Å². The molecule has 31 heavy (non-hydrogen) atoms. The molecule has 1 saturated carbocycles. The van der Waals surface area contributed by atoms with Gasteiger partial charge in [-0.05, 0) is 42.0 Å². The normalized spacial score (nSPS) is 15.5. The molecule has 2 aromatic rings. The monoisotopic (exact) mass is 422 g/mol. The van der Waals surface area contributed by atoms with E-state index in [4.69, 9.17) is 9.84 Å². The number of likely N-dealkylation sites (N-methyl/N-ethyl adjacent to an activating group) is 1. The summed E-state index contributed by atoms with van der Waals surface area (Å²) in [7, 11) is 0. The van der Waals surface area contributed by atoms with Gasteiger partial charge in [0.2, 0.25) is 5.91 Å². The maximum atomic E-state index is 12.5. The number of carboxylic acids is 1. The Morgan fingerprint density at radius 3 is 2.16 bits per heavy atom. The highest BCUT2D eigenvalue weighted by Crippen LogP contribution is 2.44. The van der Waals surface area contributed by atoms with Gasteiger partial charge >= 0.3 is 12.1 Å². The second-order valence-corrected chi connectivity index (χ2v) is 8.21. The molecule has 0 bridgehead atoms. The van der Waals surface area contributed by atoms with Gasteiger partial charge in [-0.2, -0.15) is 0 Å². The molecule has 0 unspecified atom stereocenters. The maximum absolute atomic E-state index is 12.5. The number of hydrogen-bond acceptors (Lipinski definition) is 4. The standard InChI is InChI=1S/C24H26N2O5/c1-2-26(14-22(28)29)21(27)13-24(11-12-24)25-23(30)31-15-20-18-9-5-3-7-16(18)17-8-4-6-10-19(17)20/h3-10,20H,2,11-15H2,1H3,(H,25,30)(H,28,29). The molecule has 0 spiro atoms. The van der Waals surface area contributed by atoms with Crippen molar-refractivity contribution < 1.29 is 24.2 Å². The molecule has 2 N–H and O–H groups in total. The van der Waals surface area contributed by atoms with Crippen molar-refractivity contribution in [3.8, 4) is 11.1 Å². The number of ether oxygens (including phenoxy) is 1. The molecule has 2 aliphatic rings. The zero-order valence-corrected chi connectivity index (χ0v) is 17.5. The zero-order valence-electron chi connectivity index (χ0n) is 17.5. The van der Waals surface area contributed by atoms with Gasteiger partial charge in [0.25, 0.3) is 0 Å². The molecule has 0 heterocycles. The highest BCUT2D eigenvalue weighted by Gasteiger charge is 2.47. The van der Waals surface area contributed by atoms with Crippen LogP contribution in [0.25, 0.3) is 11.1 Å². The molecule has 7 nitrogen and oxygen atoms in total. The number of aliphatic carboxylic acids is 1. The number of nitrogens with one attached hydrogen (secondary N) is 1. The Balaban J connectivity index is 1.37. The van der Waals surface area contributed by atoms with Gasteiger partial charge in [0.15, 0.2) is 0 Å². The minimum Gasteiger partial charge on any atom is -0.480 e. The SMILES string of the molecule is CCN(CC(=O)O)C(=O)CC1(NC(=O)OCC2c3ccccc3-c3ccccc32)CC1. The lowest BCUT2D eigenvalue weighted by Gasteiger charge is -2.23. The summed E-state index contributed by atoms with van der Waals surface area (Å²) >= 11 is 0. The summed E-state index contributed by atoms with van der Waals surface area (Å²) in [6, 6.07) is 16.3. The largest absolute Gasteiger partial charge is 0.480 e. The third-order valence-corrected chi connectivity index (χ3v) is 6.11. The molecule has 162 valence electrons. The van der Waals surface area contributed by atoms with Crippen LogP contribution in [0, 0.1) is 0 Å². The fraction of sp³-hybridized carbons (Fsp3) is 0.375. The van der Waals surface area contributed by atoms with E-state index in [2.05, 4.69) is 29.6 Å². The van der Waals surface area contributed by atoms with E-state index in [-0.39, 0.29) is 31.4 Å². The van der Waals surface area contributed by atoms with Crippen LogP contribution in [0.15, 0.2) is 48.5 Å². The molecule has 0 atom stereocenters. The van der Waals surface area contributed by atoms with Crippen LogP contribution in [0.3, 0.4) is 0 Å². The van der Waals surface area contributed by atoms with Crippen LogP contribution < -0.4 is 5.32 Å². The van der Waals surface area contributed by atoms with E-state index in [1.54, 1.807) is 6.92 Å². The highest BCUT2D eigenvalue weighted by molar-refractivity contribution is 5.83. The fourth-order valence-electron chi connectivity index (χ4n) is 4.29. The summed E-state index contributed by atoms with van der Waals surface area (Å²) in [5.74, 6) is -1.35. The number of benzene rings is 2. The topological polar surface area (TPSA) is 95.9 Å². The zero-order chi connectivity index (χ0) is 22.0. The Labute approximate surface area is 181 Å². The van der Waals surface area contributed by atoms with Crippen LogP contribution in [0.5, 0.6) is 0 Å². The first-order valence-electron chi connectivity index (χ1n) is 10.6. The molecule has 0 aromatic heterocycles. The van der Waals surface area contributed by atoms with Crippen LogP contribution >= 0.6 is 0 Å². The van der Waals surface area contributed by atoms with Gasteiger partial charge in [0.05, 0.1) is 12.0 Å². The number of fused-ring (bicyclic) bond motifs is 3. The lowest BCUT2D eigenvalue weighted by atomic mass is 9.98. The summed E-state index contributed by atoms with van der Waals surface area (Å²) < 4.78 is 5.58. The van der Waals surface area contributed by atoms with E-state index in [9.17, 15) is 14.4 Å². The number of carbonyl (C=O) groups is 3. The first-order valence-corrected chi connectivity index (χ1v) is 10.6. The van der Waals surface area contributed by atoms with Crippen LogP contribution in [-0.2, 0) is 14.3 Å². The second-order valence-electron chi connectivity index (χ2n) is 8.21. The first-order chi connectivity index (χ1) is 14.9. The summed E-state index contributed by atoms with van der Waals surface area (Å²) in [6.45, 7) is 1.92. The summed E-state index contributed by atoms with van der Waals surface area (Å²) in [5.41, 5.74) is 3.97. The first kappa shape index (κ1) is 20.9. The van der Waals surface area contributed by atoms with Crippen molar-refractivity contribution in [2.24, 2.45) is 0 Å². The fourth-order valence-corrected chi connectivity index (χ4v) is 4.29. The molecule has 0 saturated heterocycles. The molecule has 2 aliphatic carbocycles. The molecule has 1 fully saturated rings. The Kier molecular flexibility index (Phi) is 5.67. The predicted octanol–water partition coefficient (Wildman–Crippen LogP) is 3.38. The number of carbonyl (C=O) groups excluding carboxylic acids is 2. The Morgan fingerprint density at radius 2 is 1.65 bits per heavy atom. The molecule has 0 aliphatic heterocycles. The van der Waals surface area contributed by atoms with E-state index in [0.717, 1.165) is 22.3 Å². The number of nitrogens with zero attached hydrogens (tertiary/aromatic N) is 1. The van der Waals surface area contributed by atoms with Crippen LogP contribution in [0.1, 0.15) is 43.2 Å². The van der Waals surface area contributed by atoms with Crippen molar-refractivity contribution in [1.29, 1.82) is 0 Å². The van der Waals surface area contributed by atoms with Crippen molar-refractivity contribution in [3.05, 3.63) is 59.7 Å². The molecule has 4 rings (SSSR count). The number of carboxylic acid groups (broad SMARTS) is 1. The quantitative estimate of drug-likeness (QED) is 0.680. The van der Waals surface area contributed by atoms with Gasteiger partial charge in [-0.1, -0.05) is 48.5 Å².